The molecule has 12 heteroatoms. The SMILES string of the molecule is CN(C)Cc1ccc(CSCCNC(=S)NCCCNC(=S)NCCSCc2ccc(CN(C)C)o2)o1. The molecule has 0 aliphatic carbocycles. The molecule has 0 bridgehead atoms. The van der Waals surface area contributed by atoms with E-state index < -0.39 is 0 Å². The molecule has 0 atom stereocenters. The van der Waals surface area contributed by atoms with Crippen molar-refractivity contribution in [1.82, 2.24) is 31.1 Å². The third-order valence-electron chi connectivity index (χ3n) is 4.86. The molecule has 0 unspecified atom stereocenters. The Morgan fingerprint density at radius 1 is 0.649 bits per heavy atom. The van der Waals surface area contributed by atoms with Gasteiger partial charge in [-0.3, -0.25) is 0 Å². The summed E-state index contributed by atoms with van der Waals surface area (Å²) in [4.78, 5) is 4.20. The molecular weight excluding hydrogens is 545 g/mol. The van der Waals surface area contributed by atoms with Gasteiger partial charge in [-0.15, -0.1) is 0 Å². The van der Waals surface area contributed by atoms with Gasteiger partial charge in [0.05, 0.1) is 24.6 Å². The number of thiocarbonyl (C=S) groups is 2. The molecule has 2 aromatic heterocycles. The summed E-state index contributed by atoms with van der Waals surface area (Å²) in [5.74, 6) is 7.71. The van der Waals surface area contributed by atoms with Crippen LogP contribution in [0.3, 0.4) is 0 Å². The highest BCUT2D eigenvalue weighted by Crippen LogP contribution is 2.16. The first-order chi connectivity index (χ1) is 17.8. The van der Waals surface area contributed by atoms with Crippen LogP contribution in [-0.4, -0.2) is 85.9 Å². The second-order valence-corrected chi connectivity index (χ2v) is 12.1. The average molecular weight is 587 g/mol. The lowest BCUT2D eigenvalue weighted by Crippen LogP contribution is -2.40. The number of rotatable bonds is 18. The highest BCUT2D eigenvalue weighted by Gasteiger charge is 2.05. The fraction of sp³-hybridized carbons (Fsp3) is 0.600. The first kappa shape index (κ1) is 31.8. The quantitative estimate of drug-likeness (QED) is 0.153. The van der Waals surface area contributed by atoms with Crippen LogP contribution in [0.5, 0.6) is 0 Å². The van der Waals surface area contributed by atoms with Gasteiger partial charge in [0, 0.05) is 37.7 Å². The summed E-state index contributed by atoms with van der Waals surface area (Å²) in [7, 11) is 8.15. The predicted molar refractivity (Wildman–Crippen MR) is 166 cm³/mol. The highest BCUT2D eigenvalue weighted by atomic mass is 32.2. The van der Waals surface area contributed by atoms with Gasteiger partial charge in [0.1, 0.15) is 23.0 Å². The molecular formula is C25H42N6O2S4. The van der Waals surface area contributed by atoms with Gasteiger partial charge in [-0.1, -0.05) is 0 Å². The number of furan rings is 2. The number of nitrogens with one attached hydrogen (secondary N) is 4. The lowest BCUT2D eigenvalue weighted by atomic mass is 10.4. The highest BCUT2D eigenvalue weighted by molar-refractivity contribution is 7.98. The number of thioether (sulfide) groups is 2. The summed E-state index contributed by atoms with van der Waals surface area (Å²) < 4.78 is 11.7. The monoisotopic (exact) mass is 586 g/mol. The van der Waals surface area contributed by atoms with Gasteiger partial charge in [0.2, 0.25) is 0 Å². The predicted octanol–water partition coefficient (Wildman–Crippen LogP) is 3.48. The molecule has 0 radical (unpaired) electrons. The normalized spacial score (nSPS) is 11.2. The molecule has 2 rings (SSSR count). The Kier molecular flexibility index (Phi) is 16.1. The van der Waals surface area contributed by atoms with Gasteiger partial charge in [-0.25, -0.2) is 0 Å². The minimum absolute atomic E-state index is 0.690. The molecule has 208 valence electrons. The maximum atomic E-state index is 5.83. The average Bonchev–Trinajstić information content (AvgIpc) is 3.46. The number of nitrogens with zero attached hydrogens (tertiary/aromatic N) is 2. The van der Waals surface area contributed by atoms with Crippen molar-refractivity contribution < 1.29 is 8.83 Å². The molecule has 0 aliphatic heterocycles. The van der Waals surface area contributed by atoms with Crippen molar-refractivity contribution in [2.75, 3.05) is 65.9 Å². The summed E-state index contributed by atoms with van der Waals surface area (Å²) in [6.45, 7) is 4.89. The Balaban J connectivity index is 1.38. The van der Waals surface area contributed by atoms with Crippen LogP contribution in [0.25, 0.3) is 0 Å². The zero-order valence-corrected chi connectivity index (χ0v) is 25.7. The van der Waals surface area contributed by atoms with Crippen LogP contribution in [0.1, 0.15) is 29.5 Å². The zero-order chi connectivity index (χ0) is 26.9. The standard InChI is InChI=1S/C25H42N6O2S4/c1-30(2)16-20-6-8-22(32-20)18-36-14-12-28-24(34)26-10-5-11-27-25(35)29-13-15-37-19-23-9-7-21(33-23)17-31(3)4/h6-9H,5,10-19H2,1-4H3,(H2,26,28,34)(H2,27,29,35). The summed E-state index contributed by atoms with van der Waals surface area (Å²) in [6, 6.07) is 8.22. The van der Waals surface area contributed by atoms with Crippen molar-refractivity contribution >= 4 is 58.2 Å². The summed E-state index contributed by atoms with van der Waals surface area (Å²) in [5, 5.41) is 14.4. The van der Waals surface area contributed by atoms with Crippen LogP contribution in [0.15, 0.2) is 33.1 Å². The third kappa shape index (κ3) is 15.5. The van der Waals surface area contributed by atoms with Crippen LogP contribution >= 0.6 is 48.0 Å². The van der Waals surface area contributed by atoms with Crippen LogP contribution in [0.4, 0.5) is 0 Å². The first-order valence-electron chi connectivity index (χ1n) is 12.5. The summed E-state index contributed by atoms with van der Waals surface area (Å²) in [5.41, 5.74) is 0. The van der Waals surface area contributed by atoms with Crippen LogP contribution in [0.2, 0.25) is 0 Å². The van der Waals surface area contributed by atoms with Crippen molar-refractivity contribution in [2.24, 2.45) is 0 Å². The van der Waals surface area contributed by atoms with Crippen molar-refractivity contribution in [3.63, 3.8) is 0 Å². The van der Waals surface area contributed by atoms with Crippen molar-refractivity contribution in [2.45, 2.75) is 31.0 Å². The van der Waals surface area contributed by atoms with Gasteiger partial charge >= 0.3 is 0 Å². The van der Waals surface area contributed by atoms with E-state index in [4.69, 9.17) is 33.3 Å². The third-order valence-corrected chi connectivity index (χ3v) is 7.40. The van der Waals surface area contributed by atoms with Crippen LogP contribution < -0.4 is 21.3 Å². The van der Waals surface area contributed by atoms with Gasteiger partial charge in [0.15, 0.2) is 10.2 Å². The topological polar surface area (TPSA) is 80.9 Å². The molecule has 0 saturated heterocycles. The van der Waals surface area contributed by atoms with Crippen LogP contribution in [-0.2, 0) is 24.6 Å². The number of hydrogen-bond acceptors (Lipinski definition) is 8. The van der Waals surface area contributed by atoms with Crippen molar-refractivity contribution in [3.05, 3.63) is 47.3 Å². The Morgan fingerprint density at radius 2 is 1.03 bits per heavy atom. The Hall–Kier alpha value is -1.44. The second-order valence-electron chi connectivity index (χ2n) is 9.04. The van der Waals surface area contributed by atoms with E-state index in [1.807, 2.05) is 51.7 Å². The fourth-order valence-electron chi connectivity index (χ4n) is 3.23. The molecule has 0 saturated carbocycles. The molecule has 37 heavy (non-hydrogen) atoms. The van der Waals surface area contributed by atoms with E-state index in [0.29, 0.717) is 10.2 Å². The number of hydrogen-bond donors (Lipinski definition) is 4. The molecule has 0 aromatic carbocycles. The van der Waals surface area contributed by atoms with Gasteiger partial charge in [-0.2, -0.15) is 23.5 Å². The van der Waals surface area contributed by atoms with E-state index in [-0.39, 0.29) is 0 Å². The molecule has 8 nitrogen and oxygen atoms in total. The van der Waals surface area contributed by atoms with E-state index >= 15 is 0 Å². The van der Waals surface area contributed by atoms with Gasteiger partial charge in [-0.05, 0) is 83.3 Å². The first-order valence-corrected chi connectivity index (χ1v) is 15.6. The minimum atomic E-state index is 0.690. The Morgan fingerprint density at radius 3 is 1.43 bits per heavy atom. The maximum absolute atomic E-state index is 5.83. The molecule has 2 aromatic rings. The van der Waals surface area contributed by atoms with E-state index in [9.17, 15) is 0 Å². The van der Waals surface area contributed by atoms with E-state index in [0.717, 1.165) is 91.7 Å². The minimum Gasteiger partial charge on any atom is -0.464 e. The molecule has 2 heterocycles. The molecule has 0 spiro atoms. The van der Waals surface area contributed by atoms with Crippen molar-refractivity contribution in [1.29, 1.82) is 0 Å². The Labute approximate surface area is 241 Å². The molecule has 0 amide bonds. The van der Waals surface area contributed by atoms with Gasteiger partial charge < -0.3 is 39.9 Å². The molecule has 0 fully saturated rings. The fourth-order valence-corrected chi connectivity index (χ4v) is 5.13. The van der Waals surface area contributed by atoms with Crippen LogP contribution in [0, 0.1) is 0 Å². The van der Waals surface area contributed by atoms with Crippen molar-refractivity contribution in [3.8, 4) is 0 Å². The van der Waals surface area contributed by atoms with E-state index in [1.165, 1.54) is 0 Å². The largest absolute Gasteiger partial charge is 0.464 e. The van der Waals surface area contributed by atoms with Gasteiger partial charge in [0.25, 0.3) is 0 Å². The molecule has 0 aliphatic rings. The zero-order valence-electron chi connectivity index (χ0n) is 22.4. The molecule has 4 N–H and O–H groups in total. The second kappa shape index (κ2) is 18.8. The summed E-state index contributed by atoms with van der Waals surface area (Å²) >= 11 is 14.4. The van der Waals surface area contributed by atoms with E-state index in [2.05, 4.69) is 55.3 Å². The lowest BCUT2D eigenvalue weighted by Gasteiger charge is -2.12. The lowest BCUT2D eigenvalue weighted by molar-refractivity contribution is 0.344. The maximum Gasteiger partial charge on any atom is 0.166 e. The summed E-state index contributed by atoms with van der Waals surface area (Å²) in [6.07, 6.45) is 0.925. The smallest absolute Gasteiger partial charge is 0.166 e. The van der Waals surface area contributed by atoms with E-state index in [1.54, 1.807) is 0 Å². The Bertz CT molecular complexity index is 846.